The molecule has 0 saturated carbocycles. The summed E-state index contributed by atoms with van der Waals surface area (Å²) < 4.78 is 47.0. The van der Waals surface area contributed by atoms with Crippen molar-refractivity contribution in [2.75, 3.05) is 17.0 Å². The Kier molecular flexibility index (Phi) is 6.31. The maximum absolute atomic E-state index is 14.6. The summed E-state index contributed by atoms with van der Waals surface area (Å²) in [5.74, 6) is -1.80. The van der Waals surface area contributed by atoms with Crippen LogP contribution in [0, 0.1) is 11.6 Å². The Bertz CT molecular complexity index is 1120. The smallest absolute Gasteiger partial charge is 0.423 e. The molecule has 0 spiro atoms. The van der Waals surface area contributed by atoms with E-state index in [-0.39, 0.29) is 23.7 Å². The lowest BCUT2D eigenvalue weighted by Gasteiger charge is -2.36. The molecule has 8 nitrogen and oxygen atoms in total. The number of rotatable bonds is 5. The van der Waals surface area contributed by atoms with Crippen molar-refractivity contribution in [1.29, 1.82) is 0 Å². The molecule has 4 N–H and O–H groups in total. The monoisotopic (exact) mass is 487 g/mol. The topological polar surface area (TPSA) is 95.5 Å². The van der Waals surface area contributed by atoms with Crippen molar-refractivity contribution in [2.24, 2.45) is 0 Å². The summed E-state index contributed by atoms with van der Waals surface area (Å²) in [5, 5.41) is 20.8. The number of anilines is 2. The van der Waals surface area contributed by atoms with Crippen molar-refractivity contribution < 1.29 is 32.9 Å². The molecule has 186 valence electrons. The summed E-state index contributed by atoms with van der Waals surface area (Å²) in [4.78, 5) is 0. The third-order valence-electron chi connectivity index (χ3n) is 7.32. The molecular formula is C23H29B2F2N3O5. The zero-order chi connectivity index (χ0) is 25.0. The maximum Gasteiger partial charge on any atom is 0.494 e. The molecular weight excluding hydrogens is 458 g/mol. The zero-order valence-corrected chi connectivity index (χ0v) is 20.0. The van der Waals surface area contributed by atoms with Crippen LogP contribution >= 0.6 is 0 Å². The summed E-state index contributed by atoms with van der Waals surface area (Å²) in [6.45, 7) is 6.25. The average Bonchev–Trinajstić information content (AvgIpc) is 3.33. The van der Waals surface area contributed by atoms with E-state index in [0.29, 0.717) is 6.07 Å². The van der Waals surface area contributed by atoms with E-state index in [1.165, 1.54) is 0 Å². The van der Waals surface area contributed by atoms with Crippen LogP contribution in [-0.4, -0.2) is 48.3 Å². The van der Waals surface area contributed by atoms with Crippen LogP contribution in [0.5, 0.6) is 0 Å². The molecule has 5 rings (SSSR count). The Hall–Kier alpha value is -2.21. The normalized spacial score (nSPS) is 25.5. The molecule has 2 saturated heterocycles. The minimum atomic E-state index is -2.05. The third kappa shape index (κ3) is 4.43. The lowest BCUT2D eigenvalue weighted by molar-refractivity contribution is -0.00930. The highest BCUT2D eigenvalue weighted by Gasteiger charge is 2.55. The molecule has 2 unspecified atom stereocenters. The summed E-state index contributed by atoms with van der Waals surface area (Å²) in [5.41, 5.74) is 6.85. The van der Waals surface area contributed by atoms with E-state index in [4.69, 9.17) is 14.0 Å². The molecule has 0 aromatic heterocycles. The fourth-order valence-corrected chi connectivity index (χ4v) is 4.84. The van der Waals surface area contributed by atoms with Crippen LogP contribution in [0.25, 0.3) is 0 Å². The number of hydrazine groups is 2. The van der Waals surface area contributed by atoms with E-state index >= 15 is 0 Å². The van der Waals surface area contributed by atoms with Gasteiger partial charge in [-0.05, 0) is 63.2 Å². The first-order valence-corrected chi connectivity index (χ1v) is 11.8. The fourth-order valence-electron chi connectivity index (χ4n) is 4.84. The summed E-state index contributed by atoms with van der Waals surface area (Å²) >= 11 is 0. The zero-order valence-electron chi connectivity index (χ0n) is 20.0. The number of nitrogens with one attached hydrogen (secondary N) is 2. The number of ether oxygens (including phenoxy) is 1. The molecule has 0 aliphatic carbocycles. The van der Waals surface area contributed by atoms with E-state index in [1.807, 2.05) is 37.1 Å². The van der Waals surface area contributed by atoms with Crippen molar-refractivity contribution in [3.63, 3.8) is 0 Å². The summed E-state index contributed by atoms with van der Waals surface area (Å²) in [6.07, 6.45) is 3.11. The Morgan fingerprint density at radius 1 is 1.11 bits per heavy atom. The molecule has 3 heterocycles. The third-order valence-corrected chi connectivity index (χ3v) is 7.32. The second-order valence-corrected chi connectivity index (χ2v) is 10.0. The molecule has 2 fully saturated rings. The van der Waals surface area contributed by atoms with Gasteiger partial charge in [-0.3, -0.25) is 5.01 Å². The SMILES string of the molecule is CC1(C)OB(c2ccc3c(c2)NNN3C2CCCCO2)OC1(C)Cc1cc(B(O)O)c(F)cc1F. The maximum atomic E-state index is 14.6. The number of nitrogens with zero attached hydrogens (tertiary/aromatic N) is 1. The molecule has 3 aliphatic rings. The summed E-state index contributed by atoms with van der Waals surface area (Å²) in [6, 6.07) is 7.62. The van der Waals surface area contributed by atoms with Gasteiger partial charge in [0.25, 0.3) is 0 Å². The van der Waals surface area contributed by atoms with E-state index < -0.39 is 37.1 Å². The minimum Gasteiger partial charge on any atom is -0.423 e. The lowest BCUT2D eigenvalue weighted by atomic mass is 9.76. The standard InChI is InChI=1S/C23H29B2F2N3O5/c1-22(2)23(3,13-14-10-16(24(31)32)18(27)12-17(14)26)35-25(34-22)15-7-8-20-19(11-15)28-29-30(20)21-6-4-5-9-33-21/h7-8,10-12,21,28-29,31-32H,4-6,9,13H2,1-3H3. The second kappa shape index (κ2) is 9.02. The Morgan fingerprint density at radius 2 is 1.91 bits per heavy atom. The Balaban J connectivity index is 1.37. The largest absolute Gasteiger partial charge is 0.494 e. The molecule has 2 aromatic rings. The highest BCUT2D eigenvalue weighted by atomic mass is 19.1. The van der Waals surface area contributed by atoms with Crippen molar-refractivity contribution >= 4 is 36.5 Å². The number of hydrogen-bond donors (Lipinski definition) is 4. The van der Waals surface area contributed by atoms with E-state index in [0.717, 1.165) is 48.8 Å². The molecule has 2 atom stereocenters. The summed E-state index contributed by atoms with van der Waals surface area (Å²) in [7, 11) is -2.76. The van der Waals surface area contributed by atoms with Gasteiger partial charge in [-0.15, -0.1) is 5.53 Å². The van der Waals surface area contributed by atoms with Gasteiger partial charge in [0, 0.05) is 24.6 Å². The van der Waals surface area contributed by atoms with Crippen LogP contribution in [0.1, 0.15) is 45.6 Å². The number of benzene rings is 2. The van der Waals surface area contributed by atoms with Gasteiger partial charge in [-0.2, -0.15) is 0 Å². The first-order chi connectivity index (χ1) is 16.6. The molecule has 12 heteroatoms. The van der Waals surface area contributed by atoms with Gasteiger partial charge in [0.15, 0.2) is 0 Å². The van der Waals surface area contributed by atoms with Crippen LogP contribution in [-0.2, 0) is 20.5 Å². The molecule has 3 aliphatic heterocycles. The second-order valence-electron chi connectivity index (χ2n) is 10.0. The van der Waals surface area contributed by atoms with Crippen LogP contribution in [0.3, 0.4) is 0 Å². The first-order valence-electron chi connectivity index (χ1n) is 11.8. The van der Waals surface area contributed by atoms with Crippen molar-refractivity contribution in [3.8, 4) is 0 Å². The lowest BCUT2D eigenvalue weighted by Crippen LogP contribution is -2.47. The van der Waals surface area contributed by atoms with E-state index in [1.54, 1.807) is 6.92 Å². The van der Waals surface area contributed by atoms with Gasteiger partial charge in [0.2, 0.25) is 0 Å². The van der Waals surface area contributed by atoms with Crippen molar-refractivity contribution in [3.05, 3.63) is 47.5 Å². The van der Waals surface area contributed by atoms with E-state index in [9.17, 15) is 18.8 Å². The van der Waals surface area contributed by atoms with E-state index in [2.05, 4.69) is 11.0 Å². The molecule has 0 bridgehead atoms. The fraction of sp³-hybridized carbons (Fsp3) is 0.478. The predicted molar refractivity (Wildman–Crippen MR) is 129 cm³/mol. The minimum absolute atomic E-state index is 0.0415. The van der Waals surface area contributed by atoms with Crippen LogP contribution in [0.4, 0.5) is 20.2 Å². The van der Waals surface area contributed by atoms with Gasteiger partial charge < -0.3 is 29.5 Å². The number of halogens is 2. The quantitative estimate of drug-likeness (QED) is 0.470. The molecule has 0 amide bonds. The number of hydrogen-bond acceptors (Lipinski definition) is 8. The van der Waals surface area contributed by atoms with Crippen LogP contribution < -0.4 is 26.9 Å². The van der Waals surface area contributed by atoms with Crippen molar-refractivity contribution in [2.45, 2.75) is 63.9 Å². The molecule has 2 aromatic carbocycles. The van der Waals surface area contributed by atoms with Crippen LogP contribution in [0.15, 0.2) is 30.3 Å². The number of fused-ring (bicyclic) bond motifs is 1. The van der Waals surface area contributed by atoms with Crippen molar-refractivity contribution in [1.82, 2.24) is 5.53 Å². The Morgan fingerprint density at radius 3 is 2.63 bits per heavy atom. The van der Waals surface area contributed by atoms with Gasteiger partial charge in [0.1, 0.15) is 17.9 Å². The van der Waals surface area contributed by atoms with Gasteiger partial charge in [-0.1, -0.05) is 12.1 Å². The van der Waals surface area contributed by atoms with Gasteiger partial charge >= 0.3 is 14.2 Å². The van der Waals surface area contributed by atoms with Gasteiger partial charge in [0.05, 0.1) is 22.6 Å². The molecule has 0 radical (unpaired) electrons. The molecule has 35 heavy (non-hydrogen) atoms. The predicted octanol–water partition coefficient (Wildman–Crippen LogP) is 1.34. The van der Waals surface area contributed by atoms with Gasteiger partial charge in [-0.25, -0.2) is 8.78 Å². The van der Waals surface area contributed by atoms with Crippen LogP contribution in [0.2, 0.25) is 0 Å². The highest BCUT2D eigenvalue weighted by Crippen LogP contribution is 2.41. The first kappa shape index (κ1) is 24.5. The average molecular weight is 487 g/mol. The highest BCUT2D eigenvalue weighted by molar-refractivity contribution is 6.62. The Labute approximate surface area is 203 Å².